The molecule has 6 nitrogen and oxygen atoms in total. The second-order valence-corrected chi connectivity index (χ2v) is 5.14. The molecule has 1 aliphatic heterocycles. The maximum absolute atomic E-state index is 12.0. The summed E-state index contributed by atoms with van der Waals surface area (Å²) in [5.74, 6) is -0.142. The standard InChI is InChI=1S/C14H13ClN4O2/c1-2-10-13(21)17-11(20)7-19(10)12-8-5-3-4-6-9(8)16-14(15)18-12/h3-6,10H,2,7H2,1H3,(H,17,20,21). The number of para-hydroxylation sites is 1. The van der Waals surface area contributed by atoms with Gasteiger partial charge in [-0.15, -0.1) is 0 Å². The molecule has 2 aromatic rings. The average Bonchev–Trinajstić information content (AvgIpc) is 2.45. The van der Waals surface area contributed by atoms with Crippen molar-refractivity contribution in [3.8, 4) is 0 Å². The normalized spacial score (nSPS) is 19.0. The number of nitrogens with zero attached hydrogens (tertiary/aromatic N) is 3. The number of imide groups is 1. The van der Waals surface area contributed by atoms with Crippen molar-refractivity contribution in [3.63, 3.8) is 0 Å². The Bertz CT molecular complexity index is 734. The minimum atomic E-state index is -0.447. The van der Waals surface area contributed by atoms with Gasteiger partial charge in [-0.3, -0.25) is 14.9 Å². The number of piperazine rings is 1. The van der Waals surface area contributed by atoms with Gasteiger partial charge in [0.1, 0.15) is 11.9 Å². The molecule has 1 saturated heterocycles. The smallest absolute Gasteiger partial charge is 0.249 e. The Kier molecular flexibility index (Phi) is 3.47. The Morgan fingerprint density at radius 2 is 2.10 bits per heavy atom. The van der Waals surface area contributed by atoms with Gasteiger partial charge in [-0.25, -0.2) is 4.98 Å². The zero-order valence-electron chi connectivity index (χ0n) is 11.3. The molecule has 1 fully saturated rings. The van der Waals surface area contributed by atoms with Gasteiger partial charge in [-0.1, -0.05) is 19.1 Å². The lowest BCUT2D eigenvalue weighted by molar-refractivity contribution is -0.132. The molecule has 1 aromatic heterocycles. The fourth-order valence-corrected chi connectivity index (χ4v) is 2.72. The summed E-state index contributed by atoms with van der Waals surface area (Å²) in [5.41, 5.74) is 0.681. The van der Waals surface area contributed by atoms with E-state index >= 15 is 0 Å². The average molecular weight is 305 g/mol. The largest absolute Gasteiger partial charge is 0.335 e. The lowest BCUT2D eigenvalue weighted by atomic mass is 10.1. The molecule has 0 spiro atoms. The minimum Gasteiger partial charge on any atom is -0.335 e. The van der Waals surface area contributed by atoms with Gasteiger partial charge in [0.15, 0.2) is 0 Å². The van der Waals surface area contributed by atoms with E-state index in [1.54, 1.807) is 4.90 Å². The van der Waals surface area contributed by atoms with E-state index in [-0.39, 0.29) is 23.6 Å². The van der Waals surface area contributed by atoms with Gasteiger partial charge in [-0.05, 0) is 30.2 Å². The van der Waals surface area contributed by atoms with Gasteiger partial charge in [0, 0.05) is 5.39 Å². The molecule has 2 heterocycles. The number of hydrogen-bond acceptors (Lipinski definition) is 5. The first kappa shape index (κ1) is 13.8. The molecule has 1 aliphatic rings. The summed E-state index contributed by atoms with van der Waals surface area (Å²) in [6.45, 7) is 1.96. The predicted molar refractivity (Wildman–Crippen MR) is 79.1 cm³/mol. The SMILES string of the molecule is CCC1C(=O)NC(=O)CN1c1nc(Cl)nc2ccccc12. The van der Waals surface area contributed by atoms with Crippen LogP contribution in [0.3, 0.4) is 0 Å². The molecule has 1 unspecified atom stereocenters. The van der Waals surface area contributed by atoms with Crippen molar-refractivity contribution in [2.45, 2.75) is 19.4 Å². The third-order valence-electron chi connectivity index (χ3n) is 3.47. The molecule has 1 atom stereocenters. The topological polar surface area (TPSA) is 75.2 Å². The van der Waals surface area contributed by atoms with Gasteiger partial charge in [0.05, 0.1) is 12.1 Å². The van der Waals surface area contributed by atoms with Crippen molar-refractivity contribution in [3.05, 3.63) is 29.5 Å². The van der Waals surface area contributed by atoms with E-state index in [1.165, 1.54) is 0 Å². The molecule has 2 amide bonds. The minimum absolute atomic E-state index is 0.0710. The predicted octanol–water partition coefficient (Wildman–Crippen LogP) is 1.52. The van der Waals surface area contributed by atoms with Crippen LogP contribution in [0, 0.1) is 0 Å². The van der Waals surface area contributed by atoms with Crippen molar-refractivity contribution >= 4 is 40.1 Å². The number of hydrogen-bond donors (Lipinski definition) is 1. The summed E-state index contributed by atoms with van der Waals surface area (Å²) in [4.78, 5) is 33.8. The number of carbonyl (C=O) groups excluding carboxylic acids is 2. The highest BCUT2D eigenvalue weighted by atomic mass is 35.5. The molecule has 3 rings (SSSR count). The number of benzene rings is 1. The van der Waals surface area contributed by atoms with Crippen LogP contribution in [-0.2, 0) is 9.59 Å². The van der Waals surface area contributed by atoms with E-state index in [0.29, 0.717) is 17.8 Å². The molecule has 0 bridgehead atoms. The number of rotatable bonds is 2. The van der Waals surface area contributed by atoms with Gasteiger partial charge in [0.25, 0.3) is 0 Å². The van der Waals surface area contributed by atoms with E-state index in [9.17, 15) is 9.59 Å². The first-order valence-corrected chi connectivity index (χ1v) is 7.00. The van der Waals surface area contributed by atoms with Crippen molar-refractivity contribution in [2.75, 3.05) is 11.4 Å². The van der Waals surface area contributed by atoms with E-state index in [1.807, 2.05) is 31.2 Å². The summed E-state index contributed by atoms with van der Waals surface area (Å²) in [7, 11) is 0. The van der Waals surface area contributed by atoms with Crippen LogP contribution < -0.4 is 10.2 Å². The molecule has 0 saturated carbocycles. The van der Waals surface area contributed by atoms with Crippen LogP contribution in [0.1, 0.15) is 13.3 Å². The van der Waals surface area contributed by atoms with Crippen molar-refractivity contribution in [1.82, 2.24) is 15.3 Å². The highest BCUT2D eigenvalue weighted by molar-refractivity contribution is 6.29. The number of nitrogens with one attached hydrogen (secondary N) is 1. The Balaban J connectivity index is 2.17. The lowest BCUT2D eigenvalue weighted by Crippen LogP contribution is -2.58. The van der Waals surface area contributed by atoms with E-state index in [4.69, 9.17) is 11.6 Å². The molecule has 108 valence electrons. The van der Waals surface area contributed by atoms with Gasteiger partial charge < -0.3 is 4.90 Å². The van der Waals surface area contributed by atoms with Crippen molar-refractivity contribution in [1.29, 1.82) is 0 Å². The van der Waals surface area contributed by atoms with Crippen LogP contribution >= 0.6 is 11.6 Å². The molecular formula is C14H13ClN4O2. The summed E-state index contributed by atoms with van der Waals surface area (Å²) in [6, 6.07) is 6.93. The third-order valence-corrected chi connectivity index (χ3v) is 3.64. The molecule has 0 radical (unpaired) electrons. The summed E-state index contributed by atoms with van der Waals surface area (Å²) >= 11 is 5.97. The maximum Gasteiger partial charge on any atom is 0.249 e. The Labute approximate surface area is 126 Å². The van der Waals surface area contributed by atoms with Crippen LogP contribution in [0.4, 0.5) is 5.82 Å². The molecular weight excluding hydrogens is 292 g/mol. The van der Waals surface area contributed by atoms with E-state index in [0.717, 1.165) is 5.39 Å². The Morgan fingerprint density at radius 1 is 1.33 bits per heavy atom. The molecule has 1 N–H and O–H groups in total. The molecule has 21 heavy (non-hydrogen) atoms. The second-order valence-electron chi connectivity index (χ2n) is 4.80. The van der Waals surface area contributed by atoms with Crippen LogP contribution in [0.15, 0.2) is 24.3 Å². The fourth-order valence-electron chi connectivity index (χ4n) is 2.55. The summed E-state index contributed by atoms with van der Waals surface area (Å²) in [5, 5.41) is 3.21. The zero-order chi connectivity index (χ0) is 15.0. The van der Waals surface area contributed by atoms with Gasteiger partial charge >= 0.3 is 0 Å². The number of fused-ring (bicyclic) bond motifs is 1. The first-order valence-electron chi connectivity index (χ1n) is 6.62. The first-order chi connectivity index (χ1) is 10.1. The molecule has 7 heteroatoms. The van der Waals surface area contributed by atoms with Crippen molar-refractivity contribution in [2.24, 2.45) is 0 Å². The van der Waals surface area contributed by atoms with Gasteiger partial charge in [0.2, 0.25) is 17.1 Å². The maximum atomic E-state index is 12.0. The van der Waals surface area contributed by atoms with Gasteiger partial charge in [-0.2, -0.15) is 4.98 Å². The quantitative estimate of drug-likeness (QED) is 0.672. The van der Waals surface area contributed by atoms with Crippen LogP contribution in [0.5, 0.6) is 0 Å². The van der Waals surface area contributed by atoms with E-state index < -0.39 is 6.04 Å². The monoisotopic (exact) mass is 304 g/mol. The third kappa shape index (κ3) is 2.42. The molecule has 0 aliphatic carbocycles. The van der Waals surface area contributed by atoms with Crippen LogP contribution in [-0.4, -0.2) is 34.4 Å². The van der Waals surface area contributed by atoms with E-state index in [2.05, 4.69) is 15.3 Å². The lowest BCUT2D eigenvalue weighted by Gasteiger charge is -2.34. The fraction of sp³-hybridized carbons (Fsp3) is 0.286. The second kappa shape index (κ2) is 5.29. The van der Waals surface area contributed by atoms with Crippen LogP contribution in [0.25, 0.3) is 10.9 Å². The number of aromatic nitrogens is 2. The summed E-state index contributed by atoms with van der Waals surface area (Å²) in [6.07, 6.45) is 0.565. The number of amides is 2. The molecule has 1 aromatic carbocycles. The number of carbonyl (C=O) groups is 2. The van der Waals surface area contributed by atoms with Crippen LogP contribution in [0.2, 0.25) is 5.28 Å². The highest BCUT2D eigenvalue weighted by Gasteiger charge is 2.34. The summed E-state index contributed by atoms with van der Waals surface area (Å²) < 4.78 is 0. The Hall–Kier alpha value is -2.21. The van der Waals surface area contributed by atoms with Crippen molar-refractivity contribution < 1.29 is 9.59 Å². The Morgan fingerprint density at radius 3 is 2.86 bits per heavy atom. The number of halogens is 1. The zero-order valence-corrected chi connectivity index (χ0v) is 12.1. The number of anilines is 1. The highest BCUT2D eigenvalue weighted by Crippen LogP contribution is 2.28.